The lowest BCUT2D eigenvalue weighted by Crippen LogP contribution is -2.17. The lowest BCUT2D eigenvalue weighted by Gasteiger charge is -2.16. The molecule has 0 radical (unpaired) electrons. The number of ether oxygens (including phenoxy) is 2. The third-order valence-corrected chi connectivity index (χ3v) is 3.89. The molecule has 0 saturated carbocycles. The lowest BCUT2D eigenvalue weighted by atomic mass is 10.1. The molecule has 2 rings (SSSR count). The van der Waals surface area contributed by atoms with E-state index in [2.05, 4.69) is 49.5 Å². The highest BCUT2D eigenvalue weighted by molar-refractivity contribution is 5.43. The molecule has 0 fully saturated rings. The Kier molecular flexibility index (Phi) is 6.95. The first-order valence-corrected chi connectivity index (χ1v) is 8.31. The van der Waals surface area contributed by atoms with Crippen LogP contribution in [0, 0.1) is 0 Å². The molecule has 1 unspecified atom stereocenters. The second-order valence-electron chi connectivity index (χ2n) is 5.73. The predicted octanol–water partition coefficient (Wildman–Crippen LogP) is 4.20. The minimum absolute atomic E-state index is 0.193. The highest BCUT2D eigenvalue weighted by Gasteiger charge is 2.08. The van der Waals surface area contributed by atoms with Crippen molar-refractivity contribution in [1.82, 2.24) is 5.32 Å². The molecule has 23 heavy (non-hydrogen) atoms. The second kappa shape index (κ2) is 9.21. The Labute approximate surface area is 139 Å². The Hall–Kier alpha value is -2.00. The third kappa shape index (κ3) is 5.61. The van der Waals surface area contributed by atoms with E-state index < -0.39 is 0 Å². The predicted molar refractivity (Wildman–Crippen MR) is 95.2 cm³/mol. The van der Waals surface area contributed by atoms with E-state index in [4.69, 9.17) is 9.47 Å². The van der Waals surface area contributed by atoms with Gasteiger partial charge in [0.25, 0.3) is 0 Å². The Balaban J connectivity index is 1.85. The van der Waals surface area contributed by atoms with Crippen molar-refractivity contribution in [3.05, 3.63) is 59.7 Å². The average molecular weight is 313 g/mol. The van der Waals surface area contributed by atoms with E-state index in [1.54, 1.807) is 7.11 Å². The van der Waals surface area contributed by atoms with Crippen LogP contribution in [0.15, 0.2) is 48.5 Å². The fourth-order valence-corrected chi connectivity index (χ4v) is 2.33. The molecule has 0 spiro atoms. The fourth-order valence-electron chi connectivity index (χ4n) is 2.33. The zero-order chi connectivity index (χ0) is 16.5. The molecular formula is C20H27NO2. The number of benzene rings is 2. The van der Waals surface area contributed by atoms with Gasteiger partial charge in [-0.2, -0.15) is 0 Å². The van der Waals surface area contributed by atoms with Crippen LogP contribution in [0.5, 0.6) is 11.5 Å². The van der Waals surface area contributed by atoms with Gasteiger partial charge in [-0.1, -0.05) is 43.3 Å². The van der Waals surface area contributed by atoms with Crippen molar-refractivity contribution in [3.8, 4) is 11.5 Å². The van der Waals surface area contributed by atoms with Crippen LogP contribution in [-0.4, -0.2) is 19.8 Å². The summed E-state index contributed by atoms with van der Waals surface area (Å²) in [6.45, 7) is 5.96. The molecule has 1 N–H and O–H groups in total. The average Bonchev–Trinajstić information content (AvgIpc) is 2.60. The van der Waals surface area contributed by atoms with Crippen molar-refractivity contribution in [3.63, 3.8) is 0 Å². The van der Waals surface area contributed by atoms with Crippen LogP contribution in [0.1, 0.15) is 31.4 Å². The molecule has 0 aliphatic rings. The van der Waals surface area contributed by atoms with Crippen LogP contribution >= 0.6 is 0 Å². The summed E-state index contributed by atoms with van der Waals surface area (Å²) in [6, 6.07) is 16.7. The highest BCUT2D eigenvalue weighted by atomic mass is 16.5. The number of hydrogen-bond donors (Lipinski definition) is 1. The molecule has 0 aromatic heterocycles. The molecule has 3 heteroatoms. The number of rotatable bonds is 9. The van der Waals surface area contributed by atoms with Crippen molar-refractivity contribution >= 4 is 0 Å². The standard InChI is InChI=1S/C20H27NO2/c1-4-16(2)23-19-11-10-18(14-20(19)22-3)15-21-13-12-17-8-6-5-7-9-17/h5-11,14,16,21H,4,12-13,15H2,1-3H3. The molecule has 124 valence electrons. The van der Waals surface area contributed by atoms with Crippen LogP contribution in [0.3, 0.4) is 0 Å². The van der Waals surface area contributed by atoms with Gasteiger partial charge in [0, 0.05) is 6.54 Å². The summed E-state index contributed by atoms with van der Waals surface area (Å²) < 4.78 is 11.3. The largest absolute Gasteiger partial charge is 0.493 e. The van der Waals surface area contributed by atoms with Crippen molar-refractivity contribution in [1.29, 1.82) is 0 Å². The van der Waals surface area contributed by atoms with E-state index in [1.165, 1.54) is 11.1 Å². The van der Waals surface area contributed by atoms with Gasteiger partial charge in [-0.15, -0.1) is 0 Å². The first-order chi connectivity index (χ1) is 11.2. The van der Waals surface area contributed by atoms with Crippen molar-refractivity contribution < 1.29 is 9.47 Å². The van der Waals surface area contributed by atoms with Gasteiger partial charge in [0.05, 0.1) is 13.2 Å². The van der Waals surface area contributed by atoms with E-state index in [9.17, 15) is 0 Å². The Bertz CT molecular complexity index is 583. The van der Waals surface area contributed by atoms with Gasteiger partial charge in [0.2, 0.25) is 0 Å². The molecule has 3 nitrogen and oxygen atoms in total. The first kappa shape index (κ1) is 17.4. The number of hydrogen-bond acceptors (Lipinski definition) is 3. The summed E-state index contributed by atoms with van der Waals surface area (Å²) in [5.74, 6) is 1.61. The normalized spacial score (nSPS) is 12.0. The van der Waals surface area contributed by atoms with Crippen LogP contribution in [0.4, 0.5) is 0 Å². The van der Waals surface area contributed by atoms with E-state index >= 15 is 0 Å². The Morgan fingerprint density at radius 1 is 1.00 bits per heavy atom. The Morgan fingerprint density at radius 2 is 1.78 bits per heavy atom. The zero-order valence-corrected chi connectivity index (χ0v) is 14.3. The quantitative estimate of drug-likeness (QED) is 0.704. The maximum absolute atomic E-state index is 5.88. The fraction of sp³-hybridized carbons (Fsp3) is 0.400. The summed E-state index contributed by atoms with van der Waals surface area (Å²) >= 11 is 0. The number of nitrogens with one attached hydrogen (secondary N) is 1. The van der Waals surface area contributed by atoms with Gasteiger partial charge in [-0.25, -0.2) is 0 Å². The highest BCUT2D eigenvalue weighted by Crippen LogP contribution is 2.29. The van der Waals surface area contributed by atoms with E-state index in [1.807, 2.05) is 18.2 Å². The summed E-state index contributed by atoms with van der Waals surface area (Å²) in [6.07, 6.45) is 2.21. The van der Waals surface area contributed by atoms with Crippen molar-refractivity contribution in [2.45, 2.75) is 39.3 Å². The topological polar surface area (TPSA) is 30.5 Å². The molecule has 0 amide bonds. The maximum Gasteiger partial charge on any atom is 0.161 e. The molecule has 0 saturated heterocycles. The summed E-state index contributed by atoms with van der Waals surface area (Å²) in [5, 5.41) is 3.48. The minimum atomic E-state index is 0.193. The minimum Gasteiger partial charge on any atom is -0.493 e. The van der Waals surface area contributed by atoms with Gasteiger partial charge >= 0.3 is 0 Å². The van der Waals surface area contributed by atoms with Gasteiger partial charge in [0.1, 0.15) is 0 Å². The van der Waals surface area contributed by atoms with Crippen molar-refractivity contribution in [2.24, 2.45) is 0 Å². The Morgan fingerprint density at radius 3 is 2.48 bits per heavy atom. The van der Waals surface area contributed by atoms with Crippen LogP contribution in [-0.2, 0) is 13.0 Å². The smallest absolute Gasteiger partial charge is 0.161 e. The van der Waals surface area contributed by atoms with Crippen molar-refractivity contribution in [2.75, 3.05) is 13.7 Å². The lowest BCUT2D eigenvalue weighted by molar-refractivity contribution is 0.207. The van der Waals surface area contributed by atoms with Gasteiger partial charge in [-0.3, -0.25) is 0 Å². The van der Waals surface area contributed by atoms with Gasteiger partial charge in [0.15, 0.2) is 11.5 Å². The van der Waals surface area contributed by atoms with Gasteiger partial charge < -0.3 is 14.8 Å². The molecule has 2 aromatic rings. The molecule has 2 aromatic carbocycles. The molecule has 0 aliphatic carbocycles. The second-order valence-corrected chi connectivity index (χ2v) is 5.73. The van der Waals surface area contributed by atoms with Crippen LogP contribution < -0.4 is 14.8 Å². The maximum atomic E-state index is 5.88. The SMILES string of the molecule is CCC(C)Oc1ccc(CNCCc2ccccc2)cc1OC. The first-order valence-electron chi connectivity index (χ1n) is 8.31. The van der Waals surface area contributed by atoms with E-state index in [0.29, 0.717) is 0 Å². The van der Waals surface area contributed by atoms with E-state index in [0.717, 1.165) is 37.4 Å². The monoisotopic (exact) mass is 313 g/mol. The van der Waals surface area contributed by atoms with E-state index in [-0.39, 0.29) is 6.10 Å². The van der Waals surface area contributed by atoms with Crippen LogP contribution in [0.2, 0.25) is 0 Å². The zero-order valence-electron chi connectivity index (χ0n) is 14.3. The number of methoxy groups -OCH3 is 1. The molecule has 0 heterocycles. The van der Waals surface area contributed by atoms with Crippen LogP contribution in [0.25, 0.3) is 0 Å². The molecule has 0 aliphatic heterocycles. The van der Waals surface area contributed by atoms with Gasteiger partial charge in [-0.05, 0) is 49.6 Å². The molecular weight excluding hydrogens is 286 g/mol. The molecule has 1 atom stereocenters. The summed E-state index contributed by atoms with van der Waals surface area (Å²) in [7, 11) is 1.69. The summed E-state index contributed by atoms with van der Waals surface area (Å²) in [4.78, 5) is 0. The summed E-state index contributed by atoms with van der Waals surface area (Å²) in [5.41, 5.74) is 2.56. The molecule has 0 bridgehead atoms. The third-order valence-electron chi connectivity index (χ3n) is 3.89.